The fraction of sp³-hybridized carbons (Fsp3) is 0.167. The number of nitrogens with zero attached hydrogens (tertiary/aromatic N) is 3. The second-order valence-electron chi connectivity index (χ2n) is 5.82. The van der Waals surface area contributed by atoms with Gasteiger partial charge in [-0.3, -0.25) is 9.89 Å². The molecule has 3 rings (SSSR count). The number of azo groups is 1. The van der Waals surface area contributed by atoms with Crippen LogP contribution in [0.2, 0.25) is 0 Å². The van der Waals surface area contributed by atoms with Crippen molar-refractivity contribution in [2.75, 3.05) is 5.75 Å². The smallest absolute Gasteiger partial charge is 0.299 e. The quantitative estimate of drug-likeness (QED) is 0.654. The molecule has 0 aliphatic carbocycles. The molecule has 2 aromatic carbocycles. The fourth-order valence-electron chi connectivity index (χ4n) is 2.47. The van der Waals surface area contributed by atoms with Gasteiger partial charge in [0, 0.05) is 6.07 Å². The van der Waals surface area contributed by atoms with Crippen LogP contribution in [-0.2, 0) is 9.84 Å². The minimum Gasteiger partial charge on any atom is -0.506 e. The number of H-pyrrole nitrogens is 1. The first kappa shape index (κ1) is 18.6. The zero-order chi connectivity index (χ0) is 19.6. The Balaban J connectivity index is 1.96. The van der Waals surface area contributed by atoms with Gasteiger partial charge in [0.1, 0.15) is 11.4 Å². The molecule has 3 aromatic rings. The molecule has 0 aliphatic rings. The number of rotatable bonds is 5. The number of aryl methyl sites for hydroxylation is 1. The van der Waals surface area contributed by atoms with E-state index in [1.165, 1.54) is 23.7 Å². The highest BCUT2D eigenvalue weighted by molar-refractivity contribution is 7.91. The van der Waals surface area contributed by atoms with Crippen LogP contribution in [0.3, 0.4) is 0 Å². The lowest BCUT2D eigenvalue weighted by molar-refractivity contribution is 0.474. The van der Waals surface area contributed by atoms with Gasteiger partial charge in [-0.15, -0.1) is 10.2 Å². The summed E-state index contributed by atoms with van der Waals surface area (Å²) in [5.74, 6) is -0.403. The highest BCUT2D eigenvalue weighted by atomic mass is 32.2. The van der Waals surface area contributed by atoms with E-state index in [-0.39, 0.29) is 33.3 Å². The molecule has 9 heteroatoms. The molecule has 0 bridgehead atoms. The van der Waals surface area contributed by atoms with Crippen molar-refractivity contribution in [2.24, 2.45) is 10.2 Å². The fourth-order valence-corrected chi connectivity index (χ4v) is 3.37. The molecule has 0 atom stereocenters. The minimum atomic E-state index is -3.44. The largest absolute Gasteiger partial charge is 0.506 e. The van der Waals surface area contributed by atoms with E-state index < -0.39 is 9.84 Å². The Morgan fingerprint density at radius 2 is 1.81 bits per heavy atom. The Kier molecular flexibility index (Phi) is 4.95. The number of aromatic hydroxyl groups is 1. The Morgan fingerprint density at radius 1 is 1.11 bits per heavy atom. The monoisotopic (exact) mass is 386 g/mol. The van der Waals surface area contributed by atoms with Crippen molar-refractivity contribution in [3.05, 3.63) is 64.6 Å². The maximum atomic E-state index is 12.6. The van der Waals surface area contributed by atoms with E-state index in [4.69, 9.17) is 0 Å². The van der Waals surface area contributed by atoms with Crippen molar-refractivity contribution in [1.82, 2.24) is 9.78 Å². The van der Waals surface area contributed by atoms with Crippen LogP contribution in [0.15, 0.2) is 68.4 Å². The maximum absolute atomic E-state index is 12.6. The molecular weight excluding hydrogens is 368 g/mol. The van der Waals surface area contributed by atoms with Crippen molar-refractivity contribution in [2.45, 2.75) is 18.7 Å². The molecule has 0 aliphatic heterocycles. The van der Waals surface area contributed by atoms with Gasteiger partial charge in [0.05, 0.1) is 22.0 Å². The molecule has 8 nitrogen and oxygen atoms in total. The van der Waals surface area contributed by atoms with E-state index in [1.54, 1.807) is 19.1 Å². The second-order valence-corrected chi connectivity index (χ2v) is 8.09. The molecule has 1 heterocycles. The Bertz CT molecular complexity index is 1160. The van der Waals surface area contributed by atoms with Crippen LogP contribution >= 0.6 is 0 Å². The lowest BCUT2D eigenvalue weighted by atomic mass is 10.3. The summed E-state index contributed by atoms with van der Waals surface area (Å²) in [5, 5.41) is 20.8. The van der Waals surface area contributed by atoms with Crippen LogP contribution in [0, 0.1) is 6.92 Å². The number of phenols is 1. The Hall–Kier alpha value is -3.20. The summed E-state index contributed by atoms with van der Waals surface area (Å²) < 4.78 is 25.1. The molecular formula is C18H18N4O4S. The van der Waals surface area contributed by atoms with E-state index in [0.29, 0.717) is 11.4 Å². The van der Waals surface area contributed by atoms with Crippen molar-refractivity contribution in [3.8, 4) is 11.4 Å². The topological polar surface area (TPSA) is 117 Å². The zero-order valence-electron chi connectivity index (χ0n) is 14.7. The maximum Gasteiger partial charge on any atom is 0.299 e. The van der Waals surface area contributed by atoms with Gasteiger partial charge in [-0.1, -0.05) is 25.1 Å². The molecule has 27 heavy (non-hydrogen) atoms. The van der Waals surface area contributed by atoms with Crippen LogP contribution in [0.5, 0.6) is 5.75 Å². The van der Waals surface area contributed by atoms with Gasteiger partial charge in [-0.05, 0) is 31.2 Å². The average Bonchev–Trinajstić information content (AvgIpc) is 2.95. The average molecular weight is 386 g/mol. The number of nitrogens with one attached hydrogen (secondary N) is 1. The first-order valence-electron chi connectivity index (χ1n) is 8.18. The van der Waals surface area contributed by atoms with Crippen molar-refractivity contribution in [1.29, 1.82) is 0 Å². The predicted octanol–water partition coefficient (Wildman–Crippen LogP) is 3.39. The van der Waals surface area contributed by atoms with E-state index in [9.17, 15) is 18.3 Å². The van der Waals surface area contributed by atoms with E-state index >= 15 is 0 Å². The SMILES string of the molecule is CCS(=O)(=O)c1ccc(N=Nc2c(C)[nH]n(-c3ccccc3)c2=O)c(O)c1. The number of aromatic nitrogens is 2. The third-order valence-corrected chi connectivity index (χ3v) is 5.73. The van der Waals surface area contributed by atoms with Gasteiger partial charge >= 0.3 is 0 Å². The van der Waals surface area contributed by atoms with Crippen LogP contribution in [-0.4, -0.2) is 29.1 Å². The third kappa shape index (κ3) is 3.68. The summed E-state index contributed by atoms with van der Waals surface area (Å²) in [4.78, 5) is 12.6. The van der Waals surface area contributed by atoms with Crippen molar-refractivity contribution < 1.29 is 13.5 Å². The molecule has 1 aromatic heterocycles. The van der Waals surface area contributed by atoms with Gasteiger partial charge in [-0.25, -0.2) is 13.1 Å². The standard InChI is InChI=1S/C18H18N4O4S/c1-3-27(25,26)14-9-10-15(16(23)11-14)19-20-17-12(2)21-22(18(17)24)13-7-5-4-6-8-13/h4-11,21,23H,3H2,1-2H3. The van der Waals surface area contributed by atoms with E-state index in [0.717, 1.165) is 6.07 Å². The number of para-hydroxylation sites is 1. The number of aromatic amines is 1. The lowest BCUT2D eigenvalue weighted by Crippen LogP contribution is -2.13. The Labute approximate surface area is 155 Å². The summed E-state index contributed by atoms with van der Waals surface area (Å²) in [6, 6.07) is 12.8. The molecule has 0 fully saturated rings. The summed E-state index contributed by atoms with van der Waals surface area (Å²) in [5.41, 5.74) is 0.952. The van der Waals surface area contributed by atoms with Crippen LogP contribution in [0.1, 0.15) is 12.6 Å². The Morgan fingerprint density at radius 3 is 2.44 bits per heavy atom. The summed E-state index contributed by atoms with van der Waals surface area (Å²) >= 11 is 0. The third-order valence-electron chi connectivity index (χ3n) is 4.00. The van der Waals surface area contributed by atoms with Crippen LogP contribution in [0.25, 0.3) is 5.69 Å². The zero-order valence-corrected chi connectivity index (χ0v) is 15.6. The summed E-state index contributed by atoms with van der Waals surface area (Å²) in [7, 11) is -3.44. The van der Waals surface area contributed by atoms with Gasteiger partial charge in [-0.2, -0.15) is 0 Å². The number of phenolic OH excluding ortho intramolecular Hbond substituents is 1. The highest BCUT2D eigenvalue weighted by Gasteiger charge is 2.15. The highest BCUT2D eigenvalue weighted by Crippen LogP contribution is 2.30. The van der Waals surface area contributed by atoms with Gasteiger partial charge < -0.3 is 5.11 Å². The van der Waals surface area contributed by atoms with Gasteiger partial charge in [0.25, 0.3) is 5.56 Å². The van der Waals surface area contributed by atoms with Crippen LogP contribution in [0.4, 0.5) is 11.4 Å². The number of benzene rings is 2. The normalized spacial score (nSPS) is 11.9. The first-order chi connectivity index (χ1) is 12.8. The second kappa shape index (κ2) is 7.20. The van der Waals surface area contributed by atoms with Gasteiger partial charge in [0.15, 0.2) is 15.5 Å². The molecule has 0 saturated heterocycles. The predicted molar refractivity (Wildman–Crippen MR) is 101 cm³/mol. The van der Waals surface area contributed by atoms with Crippen molar-refractivity contribution >= 4 is 21.2 Å². The molecule has 0 radical (unpaired) electrons. The van der Waals surface area contributed by atoms with Gasteiger partial charge in [0.2, 0.25) is 0 Å². The first-order valence-corrected chi connectivity index (χ1v) is 9.83. The minimum absolute atomic E-state index is 0.00529. The summed E-state index contributed by atoms with van der Waals surface area (Å²) in [6.07, 6.45) is 0. The number of hydrogen-bond acceptors (Lipinski definition) is 6. The summed E-state index contributed by atoms with van der Waals surface area (Å²) in [6.45, 7) is 3.21. The van der Waals surface area contributed by atoms with E-state index in [1.807, 2.05) is 18.2 Å². The molecule has 0 saturated carbocycles. The molecule has 2 N–H and O–H groups in total. The van der Waals surface area contributed by atoms with Crippen LogP contribution < -0.4 is 5.56 Å². The van der Waals surface area contributed by atoms with E-state index in [2.05, 4.69) is 15.3 Å². The molecule has 0 spiro atoms. The lowest BCUT2D eigenvalue weighted by Gasteiger charge is -2.03. The number of hydrogen-bond donors (Lipinski definition) is 2. The number of sulfone groups is 1. The molecule has 0 unspecified atom stereocenters. The van der Waals surface area contributed by atoms with Crippen molar-refractivity contribution in [3.63, 3.8) is 0 Å². The molecule has 0 amide bonds. The molecule has 140 valence electrons.